The predicted molar refractivity (Wildman–Crippen MR) is 66.5 cm³/mol. The second-order valence-electron chi connectivity index (χ2n) is 4.76. The zero-order valence-electron chi connectivity index (χ0n) is 9.71. The third kappa shape index (κ3) is 2.17. The molecule has 0 radical (unpaired) electrons. The van der Waals surface area contributed by atoms with Crippen LogP contribution in [-0.2, 0) is 5.88 Å². The van der Waals surface area contributed by atoms with E-state index < -0.39 is 0 Å². The highest BCUT2D eigenvalue weighted by molar-refractivity contribution is 6.17. The lowest BCUT2D eigenvalue weighted by molar-refractivity contribution is 0.611. The fraction of sp³-hybridized carbons (Fsp3) is 0.538. The van der Waals surface area contributed by atoms with Crippen LogP contribution >= 0.6 is 11.6 Å². The van der Waals surface area contributed by atoms with E-state index in [9.17, 15) is 4.39 Å². The Morgan fingerprint density at radius 2 is 2.19 bits per heavy atom. The summed E-state index contributed by atoms with van der Waals surface area (Å²) >= 11 is 5.68. The largest absolute Gasteiger partial charge is 0.366 e. The Kier molecular flexibility index (Phi) is 3.38. The van der Waals surface area contributed by atoms with Gasteiger partial charge in [-0.2, -0.15) is 0 Å². The molecule has 1 fully saturated rings. The number of halogens is 2. The minimum absolute atomic E-state index is 0.154. The van der Waals surface area contributed by atoms with Gasteiger partial charge in [0.1, 0.15) is 5.82 Å². The molecule has 1 aliphatic rings. The molecule has 2 rings (SSSR count). The van der Waals surface area contributed by atoms with Crippen molar-refractivity contribution in [2.45, 2.75) is 32.2 Å². The molecule has 1 heterocycles. The average molecular weight is 242 g/mol. The normalized spacial score (nSPS) is 25.1. The van der Waals surface area contributed by atoms with Gasteiger partial charge in [0.05, 0.1) is 5.69 Å². The molecule has 3 heteroatoms. The summed E-state index contributed by atoms with van der Waals surface area (Å²) in [5.74, 6) is 0.851. The van der Waals surface area contributed by atoms with Gasteiger partial charge < -0.3 is 4.90 Å². The van der Waals surface area contributed by atoms with Gasteiger partial charge in [-0.3, -0.25) is 0 Å². The van der Waals surface area contributed by atoms with E-state index in [-0.39, 0.29) is 5.82 Å². The van der Waals surface area contributed by atoms with Crippen LogP contribution < -0.4 is 4.90 Å². The van der Waals surface area contributed by atoms with Crippen LogP contribution in [0.1, 0.15) is 25.8 Å². The third-order valence-corrected chi connectivity index (χ3v) is 3.57. The lowest BCUT2D eigenvalue weighted by Gasteiger charge is -2.24. The molecule has 2 unspecified atom stereocenters. The van der Waals surface area contributed by atoms with Crippen LogP contribution in [0.5, 0.6) is 0 Å². The first-order chi connectivity index (χ1) is 7.61. The molecule has 0 saturated carbocycles. The van der Waals surface area contributed by atoms with Crippen molar-refractivity contribution in [3.05, 3.63) is 29.6 Å². The van der Waals surface area contributed by atoms with Gasteiger partial charge in [-0.05, 0) is 37.0 Å². The maximum atomic E-state index is 13.9. The fourth-order valence-corrected chi connectivity index (χ4v) is 2.67. The monoisotopic (exact) mass is 241 g/mol. The molecule has 0 aliphatic carbocycles. The molecule has 1 aromatic rings. The molecule has 1 nitrogen and oxygen atoms in total. The number of anilines is 1. The highest BCUT2D eigenvalue weighted by atomic mass is 35.5. The molecular formula is C13H17ClFN. The zero-order chi connectivity index (χ0) is 11.7. The summed E-state index contributed by atoms with van der Waals surface area (Å²) in [6.45, 7) is 5.30. The predicted octanol–water partition coefficient (Wildman–Crippen LogP) is 3.80. The maximum absolute atomic E-state index is 13.9. The van der Waals surface area contributed by atoms with Crippen molar-refractivity contribution in [2.24, 2.45) is 5.92 Å². The highest BCUT2D eigenvalue weighted by Crippen LogP contribution is 2.31. The van der Waals surface area contributed by atoms with Gasteiger partial charge in [-0.25, -0.2) is 4.39 Å². The summed E-state index contributed by atoms with van der Waals surface area (Å²) in [4.78, 5) is 2.15. The topological polar surface area (TPSA) is 3.24 Å². The van der Waals surface area contributed by atoms with Gasteiger partial charge in [0.15, 0.2) is 0 Å². The van der Waals surface area contributed by atoms with Gasteiger partial charge in [0.25, 0.3) is 0 Å². The third-order valence-electron chi connectivity index (χ3n) is 3.26. The molecule has 2 atom stereocenters. The Bertz CT molecular complexity index is 380. The van der Waals surface area contributed by atoms with Crippen molar-refractivity contribution in [1.82, 2.24) is 0 Å². The first-order valence-electron chi connectivity index (χ1n) is 5.73. The first kappa shape index (κ1) is 11.7. The summed E-state index contributed by atoms with van der Waals surface area (Å²) in [6.07, 6.45) is 1.14. The zero-order valence-corrected chi connectivity index (χ0v) is 10.5. The van der Waals surface area contributed by atoms with Crippen molar-refractivity contribution >= 4 is 17.3 Å². The van der Waals surface area contributed by atoms with Crippen molar-refractivity contribution in [3.8, 4) is 0 Å². The molecule has 16 heavy (non-hydrogen) atoms. The summed E-state index contributed by atoms with van der Waals surface area (Å²) < 4.78 is 13.9. The van der Waals surface area contributed by atoms with E-state index in [1.807, 2.05) is 12.1 Å². The Morgan fingerprint density at radius 1 is 1.44 bits per heavy atom. The van der Waals surface area contributed by atoms with Crippen LogP contribution in [0.4, 0.5) is 10.1 Å². The summed E-state index contributed by atoms with van der Waals surface area (Å²) in [5, 5.41) is 0. The van der Waals surface area contributed by atoms with Gasteiger partial charge >= 0.3 is 0 Å². The van der Waals surface area contributed by atoms with Crippen LogP contribution in [0.2, 0.25) is 0 Å². The van der Waals surface area contributed by atoms with E-state index >= 15 is 0 Å². The number of benzene rings is 1. The molecule has 0 bridgehead atoms. The summed E-state index contributed by atoms with van der Waals surface area (Å²) in [6, 6.07) is 5.71. The smallest absolute Gasteiger partial charge is 0.146 e. The number of hydrogen-bond acceptors (Lipinski definition) is 1. The van der Waals surface area contributed by atoms with Crippen LogP contribution in [0.3, 0.4) is 0 Å². The summed E-state index contributed by atoms with van der Waals surface area (Å²) in [7, 11) is 0. The van der Waals surface area contributed by atoms with E-state index in [4.69, 9.17) is 11.6 Å². The molecule has 0 spiro atoms. The molecule has 88 valence electrons. The standard InChI is InChI=1S/C13H17ClFN/c1-9-5-10(2)16(8-9)13-4-3-11(7-14)6-12(13)15/h3-4,6,9-10H,5,7-8H2,1-2H3. The van der Waals surface area contributed by atoms with E-state index in [1.54, 1.807) is 0 Å². The average Bonchev–Trinajstić information content (AvgIpc) is 2.57. The number of alkyl halides is 1. The number of hydrogen-bond donors (Lipinski definition) is 0. The van der Waals surface area contributed by atoms with Crippen LogP contribution in [0.15, 0.2) is 18.2 Å². The van der Waals surface area contributed by atoms with Gasteiger partial charge in [0, 0.05) is 18.5 Å². The van der Waals surface area contributed by atoms with Crippen molar-refractivity contribution < 1.29 is 4.39 Å². The maximum Gasteiger partial charge on any atom is 0.146 e. The number of rotatable bonds is 2. The quantitative estimate of drug-likeness (QED) is 0.712. The highest BCUT2D eigenvalue weighted by Gasteiger charge is 2.27. The van der Waals surface area contributed by atoms with Gasteiger partial charge in [-0.15, -0.1) is 11.6 Å². The van der Waals surface area contributed by atoms with E-state index in [2.05, 4.69) is 18.7 Å². The van der Waals surface area contributed by atoms with Gasteiger partial charge in [0.2, 0.25) is 0 Å². The Hall–Kier alpha value is -0.760. The lowest BCUT2D eigenvalue weighted by Crippen LogP contribution is -2.27. The van der Waals surface area contributed by atoms with Crippen molar-refractivity contribution in [3.63, 3.8) is 0 Å². The number of nitrogens with zero attached hydrogens (tertiary/aromatic N) is 1. The van der Waals surface area contributed by atoms with Crippen LogP contribution in [0.25, 0.3) is 0 Å². The van der Waals surface area contributed by atoms with Crippen molar-refractivity contribution in [1.29, 1.82) is 0 Å². The molecule has 0 aromatic heterocycles. The van der Waals surface area contributed by atoms with E-state index in [1.165, 1.54) is 6.07 Å². The van der Waals surface area contributed by atoms with Crippen LogP contribution in [0, 0.1) is 11.7 Å². The second-order valence-corrected chi connectivity index (χ2v) is 5.03. The minimum Gasteiger partial charge on any atom is -0.366 e. The second kappa shape index (κ2) is 4.62. The van der Waals surface area contributed by atoms with E-state index in [0.29, 0.717) is 23.5 Å². The minimum atomic E-state index is -0.154. The first-order valence-corrected chi connectivity index (χ1v) is 6.26. The van der Waals surface area contributed by atoms with Crippen LogP contribution in [-0.4, -0.2) is 12.6 Å². The lowest BCUT2D eigenvalue weighted by atomic mass is 10.1. The summed E-state index contributed by atoms with van der Waals surface area (Å²) in [5.41, 5.74) is 1.55. The molecule has 0 amide bonds. The van der Waals surface area contributed by atoms with Gasteiger partial charge in [-0.1, -0.05) is 13.0 Å². The molecule has 1 saturated heterocycles. The molecular weight excluding hydrogens is 225 g/mol. The SMILES string of the molecule is CC1CC(C)N(c2ccc(CCl)cc2F)C1. The Morgan fingerprint density at radius 3 is 2.69 bits per heavy atom. The molecule has 0 N–H and O–H groups in total. The van der Waals surface area contributed by atoms with E-state index in [0.717, 1.165) is 18.5 Å². The Labute approximate surface area is 101 Å². The van der Waals surface area contributed by atoms with Crippen molar-refractivity contribution in [2.75, 3.05) is 11.4 Å². The Balaban J connectivity index is 2.27. The fourth-order valence-electron chi connectivity index (χ4n) is 2.50. The molecule has 1 aromatic carbocycles. The molecule has 1 aliphatic heterocycles.